The van der Waals surface area contributed by atoms with Crippen molar-refractivity contribution in [3.63, 3.8) is 0 Å². The highest BCUT2D eigenvalue weighted by Crippen LogP contribution is 2.34. The van der Waals surface area contributed by atoms with Crippen molar-refractivity contribution in [2.45, 2.75) is 11.9 Å². The Balaban J connectivity index is 2.31. The number of urea groups is 1. The molecule has 136 valence electrons. The van der Waals surface area contributed by atoms with E-state index in [2.05, 4.69) is 9.97 Å². The number of anilines is 2. The molecule has 0 bridgehead atoms. The number of thioether (sulfide) groups is 1. The number of rotatable bonds is 5. The van der Waals surface area contributed by atoms with Gasteiger partial charge in [0.25, 0.3) is 0 Å². The normalized spacial score (nSPS) is 10.4. The van der Waals surface area contributed by atoms with Gasteiger partial charge in [0.1, 0.15) is 5.03 Å². The molecular weight excluding hydrogens is 360 g/mol. The van der Waals surface area contributed by atoms with Gasteiger partial charge in [0.05, 0.1) is 11.3 Å². The van der Waals surface area contributed by atoms with Gasteiger partial charge in [-0.2, -0.15) is 0 Å². The van der Waals surface area contributed by atoms with Gasteiger partial charge < -0.3 is 5.73 Å². The second-order valence-corrected chi connectivity index (χ2v) is 6.48. The van der Waals surface area contributed by atoms with Crippen LogP contribution in [0, 0.1) is 0 Å². The first-order valence-corrected chi connectivity index (χ1v) is 9.42. The fourth-order valence-electron chi connectivity index (χ4n) is 2.69. The van der Waals surface area contributed by atoms with E-state index in [0.717, 1.165) is 5.56 Å². The van der Waals surface area contributed by atoms with E-state index in [1.54, 1.807) is 24.3 Å². The Labute approximate surface area is 161 Å². The molecule has 2 N–H and O–H groups in total. The lowest BCUT2D eigenvalue weighted by atomic mass is 10.1. The van der Waals surface area contributed by atoms with Crippen molar-refractivity contribution in [1.29, 1.82) is 0 Å². The number of carbonyl (C=O) groups excluding carboxylic acids is 2. The van der Waals surface area contributed by atoms with E-state index in [-0.39, 0.29) is 17.2 Å². The minimum atomic E-state index is -0.728. The molecule has 6 nitrogen and oxygen atoms in total. The maximum absolute atomic E-state index is 12.4. The average Bonchev–Trinajstić information content (AvgIpc) is 2.68. The van der Waals surface area contributed by atoms with Crippen LogP contribution in [0.2, 0.25) is 0 Å². The number of primary amides is 1. The molecule has 0 saturated carbocycles. The van der Waals surface area contributed by atoms with Crippen molar-refractivity contribution < 1.29 is 9.59 Å². The summed E-state index contributed by atoms with van der Waals surface area (Å²) in [4.78, 5) is 35.0. The summed E-state index contributed by atoms with van der Waals surface area (Å²) < 4.78 is 0. The van der Waals surface area contributed by atoms with E-state index in [9.17, 15) is 9.59 Å². The number of hydrogen-bond donors (Lipinski definition) is 1. The fourth-order valence-corrected chi connectivity index (χ4v) is 3.31. The first-order chi connectivity index (χ1) is 13.0. The van der Waals surface area contributed by atoms with Gasteiger partial charge in [-0.05, 0) is 25.3 Å². The van der Waals surface area contributed by atoms with E-state index >= 15 is 0 Å². The van der Waals surface area contributed by atoms with Gasteiger partial charge in [-0.1, -0.05) is 48.5 Å². The summed E-state index contributed by atoms with van der Waals surface area (Å²) in [5.41, 5.74) is 7.23. The Morgan fingerprint density at radius 2 is 1.56 bits per heavy atom. The van der Waals surface area contributed by atoms with Crippen molar-refractivity contribution in [2.75, 3.05) is 11.2 Å². The Kier molecular flexibility index (Phi) is 5.52. The molecule has 2 amide bonds. The molecule has 1 aromatic heterocycles. The summed E-state index contributed by atoms with van der Waals surface area (Å²) in [6.45, 7) is 1.42. The number of para-hydroxylation sites is 1. The number of Topliss-reactive ketones (excluding diaryl/α,β-unsaturated/α-hetero) is 1. The fraction of sp³-hybridized carbons (Fsp3) is 0.100. The van der Waals surface area contributed by atoms with Crippen LogP contribution in [0.5, 0.6) is 0 Å². The number of hydrogen-bond acceptors (Lipinski definition) is 5. The SMILES string of the molecule is CSc1nc(-c2ccccc2)nc(N(C(N)=O)c2ccccc2)c1C(C)=O. The van der Waals surface area contributed by atoms with E-state index in [0.29, 0.717) is 16.5 Å². The third-order valence-corrected chi connectivity index (χ3v) is 4.56. The van der Waals surface area contributed by atoms with Crippen LogP contribution < -0.4 is 10.6 Å². The average molecular weight is 378 g/mol. The lowest BCUT2D eigenvalue weighted by Gasteiger charge is -2.23. The van der Waals surface area contributed by atoms with Crippen LogP contribution in [0.1, 0.15) is 17.3 Å². The van der Waals surface area contributed by atoms with Crippen molar-refractivity contribution >= 4 is 35.1 Å². The molecule has 27 heavy (non-hydrogen) atoms. The molecule has 0 spiro atoms. The summed E-state index contributed by atoms with van der Waals surface area (Å²) >= 11 is 1.32. The first kappa shape index (κ1) is 18.6. The molecule has 0 aliphatic heterocycles. The molecule has 0 aliphatic rings. The number of amides is 2. The lowest BCUT2D eigenvalue weighted by molar-refractivity contribution is 0.101. The number of benzene rings is 2. The number of ketones is 1. The summed E-state index contributed by atoms with van der Waals surface area (Å²) in [5.74, 6) is 0.359. The van der Waals surface area contributed by atoms with E-state index < -0.39 is 6.03 Å². The molecule has 1 heterocycles. The van der Waals surface area contributed by atoms with Gasteiger partial charge in [-0.3, -0.25) is 4.79 Å². The Morgan fingerprint density at radius 1 is 0.963 bits per heavy atom. The Bertz CT molecular complexity index is 978. The Morgan fingerprint density at radius 3 is 2.07 bits per heavy atom. The standard InChI is InChI=1S/C20H18N4O2S/c1-13(25)16-18(24(20(21)26)15-11-7-4-8-12-15)22-17(23-19(16)27-2)14-9-5-3-6-10-14/h3-12H,1-2H3,(H2,21,26). The van der Waals surface area contributed by atoms with Crippen molar-refractivity contribution in [3.05, 3.63) is 66.2 Å². The summed E-state index contributed by atoms with van der Waals surface area (Å²) in [7, 11) is 0. The predicted molar refractivity (Wildman–Crippen MR) is 107 cm³/mol. The zero-order chi connectivity index (χ0) is 19.4. The topological polar surface area (TPSA) is 89.2 Å². The summed E-state index contributed by atoms with van der Waals surface area (Å²) in [6.07, 6.45) is 1.82. The quantitative estimate of drug-likeness (QED) is 0.406. The van der Waals surface area contributed by atoms with Crippen LogP contribution in [-0.4, -0.2) is 28.0 Å². The van der Waals surface area contributed by atoms with Crippen molar-refractivity contribution in [2.24, 2.45) is 5.73 Å². The second-order valence-electron chi connectivity index (χ2n) is 5.69. The highest BCUT2D eigenvalue weighted by Gasteiger charge is 2.26. The van der Waals surface area contributed by atoms with Crippen LogP contribution in [0.3, 0.4) is 0 Å². The smallest absolute Gasteiger partial charge is 0.325 e. The monoisotopic (exact) mass is 378 g/mol. The number of nitrogens with zero attached hydrogens (tertiary/aromatic N) is 3. The lowest BCUT2D eigenvalue weighted by Crippen LogP contribution is -2.33. The third kappa shape index (κ3) is 3.83. The third-order valence-electron chi connectivity index (χ3n) is 3.88. The van der Waals surface area contributed by atoms with Gasteiger partial charge in [-0.15, -0.1) is 11.8 Å². The van der Waals surface area contributed by atoms with Crippen LogP contribution in [0.15, 0.2) is 65.7 Å². The first-order valence-electron chi connectivity index (χ1n) is 8.20. The van der Waals surface area contributed by atoms with Gasteiger partial charge in [0, 0.05) is 5.56 Å². The van der Waals surface area contributed by atoms with Gasteiger partial charge in [-0.25, -0.2) is 19.7 Å². The van der Waals surface area contributed by atoms with Crippen LogP contribution in [0.4, 0.5) is 16.3 Å². The maximum atomic E-state index is 12.4. The molecule has 0 aliphatic carbocycles. The number of aromatic nitrogens is 2. The molecule has 3 aromatic rings. The van der Waals surface area contributed by atoms with Crippen molar-refractivity contribution in [1.82, 2.24) is 9.97 Å². The van der Waals surface area contributed by atoms with E-state index in [4.69, 9.17) is 5.73 Å². The zero-order valence-electron chi connectivity index (χ0n) is 14.9. The van der Waals surface area contributed by atoms with Gasteiger partial charge in [0.15, 0.2) is 17.4 Å². The molecule has 0 unspecified atom stereocenters. The second kappa shape index (κ2) is 8.01. The van der Waals surface area contributed by atoms with Crippen LogP contribution in [0.25, 0.3) is 11.4 Å². The molecule has 0 radical (unpaired) electrons. The molecular formula is C20H18N4O2S. The largest absolute Gasteiger partial charge is 0.351 e. The highest BCUT2D eigenvalue weighted by atomic mass is 32.2. The van der Waals surface area contributed by atoms with Crippen LogP contribution in [-0.2, 0) is 0 Å². The minimum absolute atomic E-state index is 0.180. The minimum Gasteiger partial charge on any atom is -0.351 e. The van der Waals surface area contributed by atoms with Crippen LogP contribution >= 0.6 is 11.8 Å². The van der Waals surface area contributed by atoms with Gasteiger partial charge >= 0.3 is 6.03 Å². The van der Waals surface area contributed by atoms with E-state index in [1.165, 1.54) is 23.6 Å². The molecule has 0 saturated heterocycles. The molecule has 0 atom stereocenters. The molecule has 2 aromatic carbocycles. The summed E-state index contributed by atoms with van der Waals surface area (Å²) in [6, 6.07) is 17.5. The molecule has 3 rings (SSSR count). The molecule has 0 fully saturated rings. The zero-order valence-corrected chi connectivity index (χ0v) is 15.7. The number of nitrogens with two attached hydrogens (primary N) is 1. The number of carbonyl (C=O) groups is 2. The maximum Gasteiger partial charge on any atom is 0.325 e. The predicted octanol–water partition coefficient (Wildman–Crippen LogP) is 4.28. The van der Waals surface area contributed by atoms with Gasteiger partial charge in [0.2, 0.25) is 0 Å². The van der Waals surface area contributed by atoms with E-state index in [1.807, 2.05) is 42.7 Å². The summed E-state index contributed by atoms with van der Waals surface area (Å²) in [5, 5.41) is 0.494. The van der Waals surface area contributed by atoms with Crippen molar-refractivity contribution in [3.8, 4) is 11.4 Å². The highest BCUT2D eigenvalue weighted by molar-refractivity contribution is 7.98. The Hall–Kier alpha value is -3.19. The molecule has 7 heteroatoms.